The zero-order valence-electron chi connectivity index (χ0n) is 12.8. The number of nitrogens with zero attached hydrogens (tertiary/aromatic N) is 2. The van der Waals surface area contributed by atoms with Gasteiger partial charge in [0.05, 0.1) is 11.4 Å². The Morgan fingerprint density at radius 1 is 0.864 bits per heavy atom. The molecular formula is C19H22N2S. The maximum absolute atomic E-state index is 4.63. The van der Waals surface area contributed by atoms with Gasteiger partial charge in [0.1, 0.15) is 6.34 Å². The Morgan fingerprint density at radius 2 is 1.50 bits per heavy atom. The first-order valence-electron chi connectivity index (χ1n) is 8.02. The van der Waals surface area contributed by atoms with Crippen LogP contribution >= 0.6 is 11.9 Å². The minimum atomic E-state index is 0.705. The Morgan fingerprint density at radius 3 is 2.18 bits per heavy atom. The molecule has 1 aliphatic carbocycles. The molecule has 3 rings (SSSR count). The maximum atomic E-state index is 4.63. The Balaban J connectivity index is 1.75. The van der Waals surface area contributed by atoms with Gasteiger partial charge in [-0.2, -0.15) is 0 Å². The van der Waals surface area contributed by atoms with E-state index in [4.69, 9.17) is 0 Å². The molecule has 0 saturated heterocycles. The lowest BCUT2D eigenvalue weighted by Gasteiger charge is -2.27. The molecule has 0 amide bonds. The number of rotatable bonds is 5. The molecule has 114 valence electrons. The first-order valence-corrected chi connectivity index (χ1v) is 8.86. The summed E-state index contributed by atoms with van der Waals surface area (Å²) in [5.41, 5.74) is 2.19. The lowest BCUT2D eigenvalue weighted by Crippen LogP contribution is -2.19. The average molecular weight is 310 g/mol. The summed E-state index contributed by atoms with van der Waals surface area (Å²) in [4.78, 5) is 4.63. The van der Waals surface area contributed by atoms with Gasteiger partial charge in [0.25, 0.3) is 0 Å². The van der Waals surface area contributed by atoms with Gasteiger partial charge in [0.2, 0.25) is 0 Å². The van der Waals surface area contributed by atoms with Crippen LogP contribution in [0.2, 0.25) is 0 Å². The molecule has 0 heterocycles. The summed E-state index contributed by atoms with van der Waals surface area (Å²) in [5.74, 6) is 0. The number of hydrogen-bond acceptors (Lipinski definition) is 2. The third-order valence-electron chi connectivity index (χ3n) is 3.89. The van der Waals surface area contributed by atoms with Gasteiger partial charge in [-0.1, -0.05) is 55.7 Å². The third-order valence-corrected chi connectivity index (χ3v) is 5.20. The van der Waals surface area contributed by atoms with Gasteiger partial charge in [0.15, 0.2) is 0 Å². The molecular weight excluding hydrogens is 288 g/mol. The van der Waals surface area contributed by atoms with E-state index in [0.29, 0.717) is 5.25 Å². The van der Waals surface area contributed by atoms with Gasteiger partial charge in [0, 0.05) is 5.25 Å². The summed E-state index contributed by atoms with van der Waals surface area (Å²) >= 11 is 1.92. The van der Waals surface area contributed by atoms with E-state index in [2.05, 4.69) is 39.6 Å². The Kier molecular flexibility index (Phi) is 5.54. The Bertz CT molecular complexity index is 577. The van der Waals surface area contributed by atoms with Gasteiger partial charge >= 0.3 is 0 Å². The highest BCUT2D eigenvalue weighted by Crippen LogP contribution is 2.33. The molecule has 1 fully saturated rings. The fourth-order valence-corrected chi connectivity index (χ4v) is 3.90. The van der Waals surface area contributed by atoms with E-state index in [9.17, 15) is 0 Å². The number of benzene rings is 2. The van der Waals surface area contributed by atoms with Gasteiger partial charge in [-0.05, 0) is 49.1 Å². The molecule has 0 N–H and O–H groups in total. The topological polar surface area (TPSA) is 15.6 Å². The van der Waals surface area contributed by atoms with Crippen molar-refractivity contribution >= 4 is 29.7 Å². The minimum absolute atomic E-state index is 0.705. The zero-order valence-corrected chi connectivity index (χ0v) is 13.6. The smallest absolute Gasteiger partial charge is 0.106 e. The fourth-order valence-electron chi connectivity index (χ4n) is 2.69. The first-order chi connectivity index (χ1) is 10.9. The monoisotopic (exact) mass is 310 g/mol. The van der Waals surface area contributed by atoms with Gasteiger partial charge < -0.3 is 0 Å². The molecule has 2 nitrogen and oxygen atoms in total. The van der Waals surface area contributed by atoms with Crippen LogP contribution in [0.25, 0.3) is 0 Å². The van der Waals surface area contributed by atoms with Crippen molar-refractivity contribution in [1.82, 2.24) is 0 Å². The highest BCUT2D eigenvalue weighted by Gasteiger charge is 2.17. The molecule has 2 aromatic rings. The molecule has 3 heteroatoms. The number of aliphatic imine (C=N–C) groups is 1. The van der Waals surface area contributed by atoms with Crippen molar-refractivity contribution in [2.45, 2.75) is 37.4 Å². The second-order valence-electron chi connectivity index (χ2n) is 5.61. The number of para-hydroxylation sites is 2. The van der Waals surface area contributed by atoms with E-state index in [0.717, 1.165) is 5.69 Å². The summed E-state index contributed by atoms with van der Waals surface area (Å²) in [6.07, 6.45) is 8.69. The predicted molar refractivity (Wildman–Crippen MR) is 98.0 cm³/mol. The summed E-state index contributed by atoms with van der Waals surface area (Å²) in [7, 11) is 0. The second kappa shape index (κ2) is 8.04. The first kappa shape index (κ1) is 15.2. The fraction of sp³-hybridized carbons (Fsp3) is 0.316. The van der Waals surface area contributed by atoms with Crippen molar-refractivity contribution in [3.8, 4) is 0 Å². The van der Waals surface area contributed by atoms with E-state index >= 15 is 0 Å². The molecule has 0 spiro atoms. The van der Waals surface area contributed by atoms with Crippen LogP contribution in [0.15, 0.2) is 65.7 Å². The number of hydrogen-bond donors (Lipinski definition) is 0. The highest BCUT2D eigenvalue weighted by molar-refractivity contribution is 8.01. The van der Waals surface area contributed by atoms with Crippen LogP contribution in [0.5, 0.6) is 0 Å². The largest absolute Gasteiger partial charge is 0.274 e. The van der Waals surface area contributed by atoms with Crippen LogP contribution in [0.3, 0.4) is 0 Å². The summed E-state index contributed by atoms with van der Waals surface area (Å²) in [6.45, 7) is 0. The van der Waals surface area contributed by atoms with Crippen molar-refractivity contribution in [3.05, 3.63) is 60.7 Å². The lowest BCUT2D eigenvalue weighted by atomic mass is 10.0. The molecule has 1 aliphatic rings. The molecule has 0 aliphatic heterocycles. The normalized spacial score (nSPS) is 16.0. The molecule has 2 aromatic carbocycles. The molecule has 0 radical (unpaired) electrons. The van der Waals surface area contributed by atoms with Gasteiger partial charge in [-0.25, -0.2) is 4.99 Å². The Hall–Kier alpha value is -1.74. The predicted octanol–water partition coefficient (Wildman–Crippen LogP) is 5.83. The maximum Gasteiger partial charge on any atom is 0.106 e. The van der Waals surface area contributed by atoms with Crippen LogP contribution in [-0.4, -0.2) is 11.6 Å². The molecule has 22 heavy (non-hydrogen) atoms. The third kappa shape index (κ3) is 4.38. The Labute approximate surface area is 137 Å². The molecule has 0 bridgehead atoms. The van der Waals surface area contributed by atoms with Crippen molar-refractivity contribution in [1.29, 1.82) is 0 Å². The van der Waals surface area contributed by atoms with E-state index in [-0.39, 0.29) is 0 Å². The standard InChI is InChI=1S/C19H22N2S/c1-4-10-17(11-5-1)20-16-21(18-12-6-2-7-13-18)22-19-14-8-3-9-15-19/h1-2,4-7,10-13,16,19H,3,8-9,14-15H2. The minimum Gasteiger partial charge on any atom is -0.274 e. The van der Waals surface area contributed by atoms with Crippen molar-refractivity contribution in [2.75, 3.05) is 4.31 Å². The van der Waals surface area contributed by atoms with Crippen LogP contribution in [0.1, 0.15) is 32.1 Å². The molecule has 0 aromatic heterocycles. The lowest BCUT2D eigenvalue weighted by molar-refractivity contribution is 0.516. The summed E-state index contributed by atoms with van der Waals surface area (Å²) in [5, 5.41) is 0.705. The molecule has 0 unspecified atom stereocenters. The van der Waals surface area contributed by atoms with Crippen LogP contribution in [0, 0.1) is 0 Å². The number of anilines is 1. The average Bonchev–Trinajstić information content (AvgIpc) is 2.61. The van der Waals surface area contributed by atoms with Crippen LogP contribution in [0.4, 0.5) is 11.4 Å². The zero-order chi connectivity index (χ0) is 15.0. The second-order valence-corrected chi connectivity index (χ2v) is 6.88. The molecule has 1 saturated carbocycles. The highest BCUT2D eigenvalue weighted by atomic mass is 32.2. The summed E-state index contributed by atoms with van der Waals surface area (Å²) in [6, 6.07) is 20.6. The quantitative estimate of drug-likeness (QED) is 0.392. The van der Waals surface area contributed by atoms with Gasteiger partial charge in [-0.15, -0.1) is 0 Å². The summed E-state index contributed by atoms with van der Waals surface area (Å²) < 4.78 is 2.23. The SMILES string of the molecule is C(=Nc1ccccc1)N(SC1CCCCC1)c1ccccc1. The van der Waals surface area contributed by atoms with Crippen LogP contribution in [-0.2, 0) is 0 Å². The van der Waals surface area contributed by atoms with E-state index in [1.54, 1.807) is 0 Å². The van der Waals surface area contributed by atoms with Crippen molar-refractivity contribution < 1.29 is 0 Å². The van der Waals surface area contributed by atoms with E-state index in [1.165, 1.54) is 37.8 Å². The van der Waals surface area contributed by atoms with Crippen molar-refractivity contribution in [3.63, 3.8) is 0 Å². The van der Waals surface area contributed by atoms with E-state index < -0.39 is 0 Å². The van der Waals surface area contributed by atoms with Crippen LogP contribution < -0.4 is 4.31 Å². The van der Waals surface area contributed by atoms with Gasteiger partial charge in [-0.3, -0.25) is 4.31 Å². The van der Waals surface area contributed by atoms with E-state index in [1.807, 2.05) is 48.6 Å². The molecule has 0 atom stereocenters. The van der Waals surface area contributed by atoms with Crippen molar-refractivity contribution in [2.24, 2.45) is 4.99 Å².